The summed E-state index contributed by atoms with van der Waals surface area (Å²) in [6, 6.07) is 15.2. The Morgan fingerprint density at radius 3 is 2.03 bits per heavy atom. The Balaban J connectivity index is 1.29. The molecule has 14 nitrogen and oxygen atoms in total. The first kappa shape index (κ1) is 47.6. The molecule has 59 heavy (non-hydrogen) atoms. The average Bonchev–Trinajstić information content (AvgIpc) is 3.63. The van der Waals surface area contributed by atoms with Crippen molar-refractivity contribution in [1.29, 1.82) is 0 Å². The number of fused-ring (bicyclic) bond motifs is 1. The molecule has 1 saturated heterocycles. The lowest BCUT2D eigenvalue weighted by Gasteiger charge is -2.37. The van der Waals surface area contributed by atoms with Crippen molar-refractivity contribution in [1.82, 2.24) is 20.4 Å². The highest BCUT2D eigenvalue weighted by Crippen LogP contribution is 2.32. The van der Waals surface area contributed by atoms with Crippen LogP contribution in [0.5, 0.6) is 0 Å². The fraction of sp³-hybridized carbons (Fsp3) is 0.644. The highest BCUT2D eigenvalue weighted by Gasteiger charge is 2.46. The standard InChI is InChI=1S/C45H68N4O10/c1-32(48(8)43(53)59-45(5,6)7)40(50)47-39(44(2,3)4)42(52)49-30-35(29-38(49)41(51)46-37-20-14-18-34-17-12-13-19-36(34)37)58-28-27-56-24-23-54-21-22-55-25-26-57-31-33-15-10-9-11-16-33/h9-13,15-17,19,32,35,37-39H,14,18,20-31H2,1-8H3,(H,46,51)(H,47,50)/t32-,35-,37-,38-,39+/m0/s1. The fourth-order valence-electron chi connectivity index (χ4n) is 7.03. The van der Waals surface area contributed by atoms with Crippen molar-refractivity contribution in [2.24, 2.45) is 5.41 Å². The van der Waals surface area contributed by atoms with Crippen molar-refractivity contribution in [3.63, 3.8) is 0 Å². The van der Waals surface area contributed by atoms with E-state index in [0.29, 0.717) is 52.9 Å². The van der Waals surface area contributed by atoms with Crippen molar-refractivity contribution < 1.29 is 47.6 Å². The smallest absolute Gasteiger partial charge is 0.410 e. The molecule has 0 bridgehead atoms. The Bertz CT molecular complexity index is 1630. The summed E-state index contributed by atoms with van der Waals surface area (Å²) in [6.45, 7) is 16.3. The number of hydrogen-bond donors (Lipinski definition) is 2. The van der Waals surface area contributed by atoms with E-state index in [-0.39, 0.29) is 31.5 Å². The predicted molar refractivity (Wildman–Crippen MR) is 224 cm³/mol. The van der Waals surface area contributed by atoms with Crippen LogP contribution in [0.1, 0.15) is 90.5 Å². The molecule has 4 rings (SSSR count). The normalized spacial score (nSPS) is 19.1. The van der Waals surface area contributed by atoms with Crippen LogP contribution in [0.4, 0.5) is 4.79 Å². The van der Waals surface area contributed by atoms with E-state index in [1.807, 2.05) is 69.3 Å². The topological polar surface area (TPSA) is 154 Å². The van der Waals surface area contributed by atoms with Gasteiger partial charge in [0.25, 0.3) is 0 Å². The molecule has 1 fully saturated rings. The largest absolute Gasteiger partial charge is 0.444 e. The number of nitrogens with one attached hydrogen (secondary N) is 2. The zero-order chi connectivity index (χ0) is 43.0. The number of aryl methyl sites for hydroxylation is 1. The van der Waals surface area contributed by atoms with Crippen LogP contribution in [0.15, 0.2) is 54.6 Å². The van der Waals surface area contributed by atoms with Gasteiger partial charge in [-0.3, -0.25) is 19.3 Å². The first-order chi connectivity index (χ1) is 28.0. The van der Waals surface area contributed by atoms with Crippen molar-refractivity contribution in [2.45, 2.75) is 117 Å². The number of benzene rings is 2. The third-order valence-electron chi connectivity index (χ3n) is 10.4. The molecule has 0 saturated carbocycles. The molecule has 1 aliphatic carbocycles. The minimum Gasteiger partial charge on any atom is -0.444 e. The van der Waals surface area contributed by atoms with Crippen molar-refractivity contribution in [2.75, 3.05) is 66.4 Å². The van der Waals surface area contributed by atoms with E-state index in [1.54, 1.807) is 32.6 Å². The zero-order valence-corrected chi connectivity index (χ0v) is 36.5. The van der Waals surface area contributed by atoms with E-state index in [4.69, 9.17) is 28.4 Å². The second-order valence-electron chi connectivity index (χ2n) is 17.3. The lowest BCUT2D eigenvalue weighted by Crippen LogP contribution is -2.60. The highest BCUT2D eigenvalue weighted by atomic mass is 16.6. The van der Waals surface area contributed by atoms with Gasteiger partial charge in [0.05, 0.1) is 71.6 Å². The second kappa shape index (κ2) is 23.1. The second-order valence-corrected chi connectivity index (χ2v) is 17.3. The summed E-state index contributed by atoms with van der Waals surface area (Å²) in [5, 5.41) is 6.15. The molecule has 4 amide bonds. The molecule has 0 aromatic heterocycles. The highest BCUT2D eigenvalue weighted by molar-refractivity contribution is 5.94. The molecule has 2 aromatic carbocycles. The van der Waals surface area contributed by atoms with Crippen LogP contribution < -0.4 is 10.6 Å². The van der Waals surface area contributed by atoms with E-state index in [0.717, 1.165) is 30.4 Å². The summed E-state index contributed by atoms with van der Waals surface area (Å²) in [6.07, 6.45) is 1.89. The number of carbonyl (C=O) groups is 4. The first-order valence-corrected chi connectivity index (χ1v) is 21.0. The maximum Gasteiger partial charge on any atom is 0.410 e. The summed E-state index contributed by atoms with van der Waals surface area (Å²) >= 11 is 0. The summed E-state index contributed by atoms with van der Waals surface area (Å²) < 4.78 is 34.2. The van der Waals surface area contributed by atoms with Crippen LogP contribution in [0, 0.1) is 5.41 Å². The minimum atomic E-state index is -1.00. The van der Waals surface area contributed by atoms with Gasteiger partial charge in [-0.05, 0) is 69.1 Å². The molecule has 0 radical (unpaired) electrons. The molecule has 2 aromatic rings. The number of likely N-dealkylation sites (N-methyl/N-ethyl adjacent to an activating group) is 1. The lowest BCUT2D eigenvalue weighted by atomic mass is 9.85. The maximum atomic E-state index is 14.6. The van der Waals surface area contributed by atoms with Crippen molar-refractivity contribution >= 4 is 23.8 Å². The number of rotatable bonds is 21. The molecule has 0 spiro atoms. The molecule has 5 atom stereocenters. The van der Waals surface area contributed by atoms with Crippen molar-refractivity contribution in [3.8, 4) is 0 Å². The molecule has 2 N–H and O–H groups in total. The van der Waals surface area contributed by atoms with Gasteiger partial charge in [0.15, 0.2) is 0 Å². The van der Waals surface area contributed by atoms with Gasteiger partial charge in [-0.1, -0.05) is 75.4 Å². The number of ether oxygens (including phenoxy) is 6. The molecule has 2 aliphatic rings. The van der Waals surface area contributed by atoms with E-state index >= 15 is 0 Å². The van der Waals surface area contributed by atoms with Crippen LogP contribution in [-0.4, -0.2) is 130 Å². The third-order valence-corrected chi connectivity index (χ3v) is 10.4. The summed E-state index contributed by atoms with van der Waals surface area (Å²) in [4.78, 5) is 57.8. The first-order valence-electron chi connectivity index (χ1n) is 21.0. The Morgan fingerprint density at radius 2 is 1.41 bits per heavy atom. The van der Waals surface area contributed by atoms with Crippen LogP contribution in [-0.2, 0) is 55.8 Å². The van der Waals surface area contributed by atoms with Crippen LogP contribution >= 0.6 is 0 Å². The Morgan fingerprint density at radius 1 is 0.814 bits per heavy atom. The van der Waals surface area contributed by atoms with E-state index in [2.05, 4.69) is 16.7 Å². The van der Waals surface area contributed by atoms with E-state index in [1.165, 1.54) is 17.5 Å². The van der Waals surface area contributed by atoms with Gasteiger partial charge in [0, 0.05) is 20.0 Å². The molecule has 1 aliphatic heterocycles. The lowest BCUT2D eigenvalue weighted by molar-refractivity contribution is -0.144. The number of carbonyl (C=O) groups excluding carboxylic acids is 4. The van der Waals surface area contributed by atoms with Gasteiger partial charge in [-0.2, -0.15) is 0 Å². The zero-order valence-electron chi connectivity index (χ0n) is 36.5. The Hall–Kier alpha value is -4.08. The minimum absolute atomic E-state index is 0.161. The van der Waals surface area contributed by atoms with Crippen LogP contribution in [0.3, 0.4) is 0 Å². The molecule has 1 heterocycles. The molecular formula is C45H68N4O10. The van der Waals surface area contributed by atoms with Gasteiger partial charge in [-0.15, -0.1) is 0 Å². The number of nitrogens with zero attached hydrogens (tertiary/aromatic N) is 2. The summed E-state index contributed by atoms with van der Waals surface area (Å²) in [7, 11) is 1.48. The molecular weight excluding hydrogens is 757 g/mol. The SMILES string of the molecule is C[C@@H](C(=O)N[C@H](C(=O)N1C[C@@H](OCCOCCOCCOCCOCc2ccccc2)C[C@H]1C(=O)N[C@H]1CCCc2ccccc21)C(C)(C)C)N(C)C(=O)OC(C)(C)C. The van der Waals surface area contributed by atoms with Gasteiger partial charge in [0.2, 0.25) is 17.7 Å². The number of hydrogen-bond acceptors (Lipinski definition) is 10. The fourth-order valence-corrected chi connectivity index (χ4v) is 7.03. The number of amides is 4. The predicted octanol–water partition coefficient (Wildman–Crippen LogP) is 5.22. The van der Waals surface area contributed by atoms with Crippen LogP contribution in [0.2, 0.25) is 0 Å². The van der Waals surface area contributed by atoms with Crippen molar-refractivity contribution in [3.05, 3.63) is 71.3 Å². The van der Waals surface area contributed by atoms with Gasteiger partial charge in [-0.25, -0.2) is 4.79 Å². The monoisotopic (exact) mass is 824 g/mol. The summed E-state index contributed by atoms with van der Waals surface area (Å²) in [5.41, 5.74) is 1.95. The van der Waals surface area contributed by atoms with Crippen LogP contribution in [0.25, 0.3) is 0 Å². The Kier molecular flexibility index (Phi) is 18.6. The Labute approximate surface area is 350 Å². The molecule has 14 heteroatoms. The quantitative estimate of drug-likeness (QED) is 0.160. The van der Waals surface area contributed by atoms with Gasteiger partial charge < -0.3 is 44.0 Å². The van der Waals surface area contributed by atoms with Gasteiger partial charge >= 0.3 is 6.09 Å². The van der Waals surface area contributed by atoms with Gasteiger partial charge in [0.1, 0.15) is 23.7 Å². The third kappa shape index (κ3) is 15.5. The van der Waals surface area contributed by atoms with E-state index < -0.39 is 53.2 Å². The summed E-state index contributed by atoms with van der Waals surface area (Å²) in [5.74, 6) is -1.18. The average molecular weight is 825 g/mol. The number of likely N-dealkylation sites (tertiary alicyclic amines) is 1. The molecule has 0 unspecified atom stereocenters. The maximum absolute atomic E-state index is 14.6. The van der Waals surface area contributed by atoms with E-state index in [9.17, 15) is 19.2 Å². The molecule has 328 valence electrons.